The minimum absolute atomic E-state index is 0.436. The fourth-order valence-corrected chi connectivity index (χ4v) is 5.22. The van der Waals surface area contributed by atoms with Crippen molar-refractivity contribution >= 4 is 11.0 Å². The van der Waals surface area contributed by atoms with E-state index in [4.69, 9.17) is 0 Å². The molecular formula is C32H40N2. The quantitative estimate of drug-likeness (QED) is 0.197. The summed E-state index contributed by atoms with van der Waals surface area (Å²) in [5.41, 5.74) is 10.8. The van der Waals surface area contributed by atoms with Gasteiger partial charge in [0.05, 0.1) is 23.3 Å². The van der Waals surface area contributed by atoms with Crippen LogP contribution in [0.4, 0.5) is 0 Å². The third-order valence-corrected chi connectivity index (χ3v) is 7.01. The number of fused-ring (bicyclic) bond motifs is 1. The van der Waals surface area contributed by atoms with Crippen LogP contribution in [0.1, 0.15) is 107 Å². The molecule has 2 nitrogen and oxygen atoms in total. The average molecular weight is 453 g/mol. The standard InChI is InChI=1S/C32H40N2/c1-21(2)25-13-11-14-26(22(3)4)29(25)19-33-20-34(31-18-10-9-17-30(31)33)32-27(23(5)6)15-12-16-28(32)24(7)8/h9-18,21-24H,19H2,1-8H3. The summed E-state index contributed by atoms with van der Waals surface area (Å²) >= 11 is 0. The molecule has 0 N–H and O–H groups in total. The molecule has 1 heterocycles. The molecule has 0 spiro atoms. The molecule has 4 rings (SSSR count). The number of benzene rings is 3. The Labute approximate surface area is 206 Å². The second kappa shape index (κ2) is 9.78. The second-order valence-corrected chi connectivity index (χ2v) is 10.8. The van der Waals surface area contributed by atoms with Gasteiger partial charge in [-0.15, -0.1) is 0 Å². The smallest absolute Gasteiger partial charge is 0.244 e. The first-order valence-corrected chi connectivity index (χ1v) is 12.9. The Morgan fingerprint density at radius 1 is 0.618 bits per heavy atom. The van der Waals surface area contributed by atoms with Crippen LogP contribution in [0, 0.1) is 6.33 Å². The molecule has 0 bridgehead atoms. The van der Waals surface area contributed by atoms with Crippen LogP contribution in [0.25, 0.3) is 16.7 Å². The van der Waals surface area contributed by atoms with Gasteiger partial charge in [0.25, 0.3) is 0 Å². The third-order valence-electron chi connectivity index (χ3n) is 7.01. The van der Waals surface area contributed by atoms with Crippen molar-refractivity contribution in [2.75, 3.05) is 0 Å². The Morgan fingerprint density at radius 2 is 1.09 bits per heavy atom. The van der Waals surface area contributed by atoms with Crippen molar-refractivity contribution in [3.05, 3.63) is 94.8 Å². The van der Waals surface area contributed by atoms with E-state index in [0.29, 0.717) is 23.7 Å². The zero-order chi connectivity index (χ0) is 24.6. The zero-order valence-corrected chi connectivity index (χ0v) is 22.2. The molecule has 1 aromatic heterocycles. The van der Waals surface area contributed by atoms with Crippen molar-refractivity contribution in [1.29, 1.82) is 0 Å². The Kier molecular flexibility index (Phi) is 6.98. The normalized spacial score (nSPS) is 12.1. The number of hydrogen-bond donors (Lipinski definition) is 0. The van der Waals surface area contributed by atoms with E-state index in [0.717, 1.165) is 6.54 Å². The van der Waals surface area contributed by atoms with Crippen LogP contribution >= 0.6 is 0 Å². The van der Waals surface area contributed by atoms with Gasteiger partial charge >= 0.3 is 0 Å². The van der Waals surface area contributed by atoms with Gasteiger partial charge in [-0.05, 0) is 51.5 Å². The first-order valence-electron chi connectivity index (χ1n) is 12.9. The van der Waals surface area contributed by atoms with Gasteiger partial charge in [0.2, 0.25) is 6.33 Å². The predicted molar refractivity (Wildman–Crippen MR) is 144 cm³/mol. The van der Waals surface area contributed by atoms with Crippen LogP contribution in [-0.4, -0.2) is 4.57 Å². The fourth-order valence-electron chi connectivity index (χ4n) is 5.22. The Balaban J connectivity index is 1.98. The molecule has 0 saturated carbocycles. The molecule has 3 aromatic carbocycles. The molecule has 0 fully saturated rings. The first kappa shape index (κ1) is 24.3. The highest BCUT2D eigenvalue weighted by molar-refractivity contribution is 5.73. The number of imidazole rings is 1. The van der Waals surface area contributed by atoms with Crippen molar-refractivity contribution < 1.29 is 4.57 Å². The van der Waals surface area contributed by atoms with Crippen LogP contribution in [0.2, 0.25) is 0 Å². The lowest BCUT2D eigenvalue weighted by Gasteiger charge is -2.21. The molecule has 0 aliphatic carbocycles. The minimum Gasteiger partial charge on any atom is -0.319 e. The molecule has 178 valence electrons. The van der Waals surface area contributed by atoms with E-state index in [-0.39, 0.29) is 0 Å². The summed E-state index contributed by atoms with van der Waals surface area (Å²) < 4.78 is 4.66. The summed E-state index contributed by atoms with van der Waals surface area (Å²) in [6, 6.07) is 22.4. The SMILES string of the molecule is CC(C)c1cccc(C(C)C)c1Cn1[c-][n+](-c2c(C(C)C)cccc2C(C)C)c2ccccc21. The van der Waals surface area contributed by atoms with Crippen molar-refractivity contribution in [3.63, 3.8) is 0 Å². The molecule has 0 saturated heterocycles. The van der Waals surface area contributed by atoms with E-state index < -0.39 is 0 Å². The summed E-state index contributed by atoms with van der Waals surface area (Å²) in [4.78, 5) is 0. The molecule has 34 heavy (non-hydrogen) atoms. The Bertz CT molecular complexity index is 1240. The van der Waals surface area contributed by atoms with Gasteiger partial charge in [-0.3, -0.25) is 0 Å². The number of nitrogens with zero attached hydrogens (tertiary/aromatic N) is 2. The lowest BCUT2D eigenvalue weighted by Crippen LogP contribution is -2.33. The fraction of sp³-hybridized carbons (Fsp3) is 0.406. The molecule has 0 atom stereocenters. The molecule has 0 aliphatic rings. The molecule has 0 amide bonds. The van der Waals surface area contributed by atoms with Gasteiger partial charge in [0.1, 0.15) is 0 Å². The van der Waals surface area contributed by atoms with E-state index in [9.17, 15) is 0 Å². The lowest BCUT2D eigenvalue weighted by molar-refractivity contribution is -0.574. The maximum absolute atomic E-state index is 3.81. The van der Waals surface area contributed by atoms with Crippen molar-refractivity contribution in [2.24, 2.45) is 0 Å². The summed E-state index contributed by atoms with van der Waals surface area (Å²) in [5.74, 6) is 1.84. The second-order valence-electron chi connectivity index (χ2n) is 10.8. The van der Waals surface area contributed by atoms with Gasteiger partial charge in [-0.25, -0.2) is 0 Å². The Morgan fingerprint density at radius 3 is 1.59 bits per heavy atom. The van der Waals surface area contributed by atoms with Gasteiger partial charge in [0.15, 0.2) is 0 Å². The van der Waals surface area contributed by atoms with Gasteiger partial charge in [0, 0.05) is 0 Å². The highest BCUT2D eigenvalue weighted by Crippen LogP contribution is 2.31. The van der Waals surface area contributed by atoms with Crippen molar-refractivity contribution in [3.8, 4) is 5.69 Å². The molecule has 0 aliphatic heterocycles. The summed E-state index contributed by atoms with van der Waals surface area (Å²) in [6.45, 7) is 19.2. The van der Waals surface area contributed by atoms with E-state index in [1.807, 2.05) is 0 Å². The zero-order valence-electron chi connectivity index (χ0n) is 22.2. The number of rotatable bonds is 7. The highest BCUT2D eigenvalue weighted by atomic mass is 15.1. The van der Waals surface area contributed by atoms with Crippen molar-refractivity contribution in [1.82, 2.24) is 4.57 Å². The number of para-hydroxylation sites is 3. The van der Waals surface area contributed by atoms with E-state index in [1.165, 1.54) is 44.5 Å². The number of hydrogen-bond acceptors (Lipinski definition) is 0. The minimum atomic E-state index is 0.436. The summed E-state index contributed by atoms with van der Waals surface area (Å²) in [6.07, 6.45) is 3.81. The van der Waals surface area contributed by atoms with Gasteiger partial charge in [-0.2, -0.15) is 0 Å². The monoisotopic (exact) mass is 452 g/mol. The van der Waals surface area contributed by atoms with E-state index in [2.05, 4.69) is 132 Å². The van der Waals surface area contributed by atoms with Crippen LogP contribution in [0.3, 0.4) is 0 Å². The van der Waals surface area contributed by atoms with Crippen LogP contribution in [-0.2, 0) is 6.54 Å². The third kappa shape index (κ3) is 4.43. The maximum Gasteiger partial charge on any atom is 0.244 e. The number of aromatic nitrogens is 2. The predicted octanol–water partition coefficient (Wildman–Crippen LogP) is 8.26. The lowest BCUT2D eigenvalue weighted by atomic mass is 9.88. The summed E-state index contributed by atoms with van der Waals surface area (Å²) in [5, 5.41) is 0. The molecular weight excluding hydrogens is 412 g/mol. The molecule has 4 aromatic rings. The van der Waals surface area contributed by atoms with E-state index >= 15 is 0 Å². The largest absolute Gasteiger partial charge is 0.319 e. The molecule has 0 unspecified atom stereocenters. The molecule has 2 heteroatoms. The van der Waals surface area contributed by atoms with Gasteiger partial charge in [-0.1, -0.05) is 116 Å². The van der Waals surface area contributed by atoms with Crippen LogP contribution in [0.15, 0.2) is 60.7 Å². The summed E-state index contributed by atoms with van der Waals surface area (Å²) in [7, 11) is 0. The topological polar surface area (TPSA) is 8.81 Å². The van der Waals surface area contributed by atoms with Gasteiger partial charge < -0.3 is 9.13 Å². The highest BCUT2D eigenvalue weighted by Gasteiger charge is 2.20. The average Bonchev–Trinajstić information content (AvgIpc) is 3.16. The first-order chi connectivity index (χ1) is 16.2. The van der Waals surface area contributed by atoms with Crippen LogP contribution < -0.4 is 4.57 Å². The Hall–Kier alpha value is -2.87. The molecule has 0 radical (unpaired) electrons. The van der Waals surface area contributed by atoms with Crippen molar-refractivity contribution in [2.45, 2.75) is 85.6 Å². The van der Waals surface area contributed by atoms with Crippen LogP contribution in [0.5, 0.6) is 0 Å². The van der Waals surface area contributed by atoms with E-state index in [1.54, 1.807) is 0 Å². The maximum atomic E-state index is 3.81.